The van der Waals surface area contributed by atoms with Crippen molar-refractivity contribution in [1.82, 2.24) is 0 Å². The number of nitrogens with two attached hydrogens (primary N) is 1. The topological polar surface area (TPSA) is 38.0 Å². The molecule has 1 atom stereocenters. The molecule has 0 aromatic heterocycles. The van der Waals surface area contributed by atoms with Crippen LogP contribution in [-0.4, -0.2) is 13.1 Å². The molecule has 0 amide bonds. The van der Waals surface area contributed by atoms with Gasteiger partial charge in [-0.3, -0.25) is 0 Å². The molecule has 0 heterocycles. The number of hydrogen-bond acceptors (Lipinski definition) is 2. The molecular formula is C15H26N2. The van der Waals surface area contributed by atoms with Crippen molar-refractivity contribution in [2.24, 2.45) is 17.6 Å². The van der Waals surface area contributed by atoms with Crippen molar-refractivity contribution in [3.8, 4) is 0 Å². The van der Waals surface area contributed by atoms with Crippen LogP contribution in [-0.2, 0) is 6.42 Å². The molecule has 0 aliphatic rings. The molecule has 0 fully saturated rings. The maximum Gasteiger partial charge on any atom is 0.0340 e. The number of anilines is 1. The Labute approximate surface area is 106 Å². The van der Waals surface area contributed by atoms with Gasteiger partial charge in [0.1, 0.15) is 0 Å². The predicted octanol–water partition coefficient (Wildman–Crippen LogP) is 3.28. The molecule has 0 spiro atoms. The van der Waals surface area contributed by atoms with Crippen molar-refractivity contribution in [3.05, 3.63) is 29.8 Å². The lowest BCUT2D eigenvalue weighted by Crippen LogP contribution is -2.27. The van der Waals surface area contributed by atoms with E-state index in [-0.39, 0.29) is 0 Å². The lowest BCUT2D eigenvalue weighted by Gasteiger charge is -2.20. The highest BCUT2D eigenvalue weighted by Crippen LogP contribution is 2.14. The maximum absolute atomic E-state index is 5.76. The second-order valence-corrected chi connectivity index (χ2v) is 5.07. The zero-order chi connectivity index (χ0) is 12.7. The molecule has 1 aromatic carbocycles. The van der Waals surface area contributed by atoms with E-state index in [4.69, 9.17) is 5.73 Å². The van der Waals surface area contributed by atoms with Gasteiger partial charge in [-0.05, 0) is 42.5 Å². The largest absolute Gasteiger partial charge is 0.385 e. The SMILES string of the molecule is CCCc1ccc(NCC(CN)C(C)C)cc1. The van der Waals surface area contributed by atoms with Gasteiger partial charge in [-0.2, -0.15) is 0 Å². The lowest BCUT2D eigenvalue weighted by molar-refractivity contribution is 0.413. The van der Waals surface area contributed by atoms with Gasteiger partial charge in [0.25, 0.3) is 0 Å². The first-order valence-corrected chi connectivity index (χ1v) is 6.70. The summed E-state index contributed by atoms with van der Waals surface area (Å²) >= 11 is 0. The highest BCUT2D eigenvalue weighted by Gasteiger charge is 2.10. The quantitative estimate of drug-likeness (QED) is 0.760. The summed E-state index contributed by atoms with van der Waals surface area (Å²) in [5.41, 5.74) is 8.37. The van der Waals surface area contributed by atoms with Gasteiger partial charge < -0.3 is 11.1 Å². The van der Waals surface area contributed by atoms with Gasteiger partial charge in [0.05, 0.1) is 0 Å². The van der Waals surface area contributed by atoms with Crippen LogP contribution >= 0.6 is 0 Å². The smallest absolute Gasteiger partial charge is 0.0340 e. The Balaban J connectivity index is 2.46. The van der Waals surface area contributed by atoms with Crippen molar-refractivity contribution in [1.29, 1.82) is 0 Å². The van der Waals surface area contributed by atoms with Gasteiger partial charge in [-0.25, -0.2) is 0 Å². The van der Waals surface area contributed by atoms with Crippen molar-refractivity contribution >= 4 is 5.69 Å². The van der Waals surface area contributed by atoms with Crippen molar-refractivity contribution in [2.45, 2.75) is 33.6 Å². The van der Waals surface area contributed by atoms with E-state index in [0.717, 1.165) is 19.5 Å². The summed E-state index contributed by atoms with van der Waals surface area (Å²) in [5.74, 6) is 1.18. The number of aryl methyl sites for hydroxylation is 1. The minimum atomic E-state index is 0.547. The maximum atomic E-state index is 5.76. The Morgan fingerprint density at radius 1 is 1.18 bits per heavy atom. The molecule has 0 radical (unpaired) electrons. The Morgan fingerprint density at radius 2 is 1.82 bits per heavy atom. The van der Waals surface area contributed by atoms with Crippen LogP contribution in [0.1, 0.15) is 32.8 Å². The highest BCUT2D eigenvalue weighted by molar-refractivity contribution is 5.44. The summed E-state index contributed by atoms with van der Waals surface area (Å²) in [6.07, 6.45) is 2.37. The van der Waals surface area contributed by atoms with Crippen molar-refractivity contribution < 1.29 is 0 Å². The third kappa shape index (κ3) is 4.78. The molecule has 0 aliphatic carbocycles. The number of hydrogen-bond donors (Lipinski definition) is 2. The van der Waals surface area contributed by atoms with E-state index in [0.29, 0.717) is 11.8 Å². The summed E-state index contributed by atoms with van der Waals surface area (Å²) in [5, 5.41) is 3.47. The number of nitrogens with one attached hydrogen (secondary N) is 1. The zero-order valence-corrected chi connectivity index (χ0v) is 11.4. The fourth-order valence-electron chi connectivity index (χ4n) is 1.92. The van der Waals surface area contributed by atoms with Crippen molar-refractivity contribution in [3.63, 3.8) is 0 Å². The first-order chi connectivity index (χ1) is 8.17. The molecule has 1 rings (SSSR count). The third-order valence-electron chi connectivity index (χ3n) is 3.31. The van der Waals surface area contributed by atoms with E-state index in [1.54, 1.807) is 0 Å². The highest BCUT2D eigenvalue weighted by atomic mass is 14.9. The fraction of sp³-hybridized carbons (Fsp3) is 0.600. The van der Waals surface area contributed by atoms with Crippen LogP contribution in [0.5, 0.6) is 0 Å². The van der Waals surface area contributed by atoms with Crippen LogP contribution in [0.3, 0.4) is 0 Å². The molecule has 0 bridgehead atoms. The molecule has 1 unspecified atom stereocenters. The summed E-state index contributed by atoms with van der Waals surface area (Å²) in [7, 11) is 0. The van der Waals surface area contributed by atoms with Crippen molar-refractivity contribution in [2.75, 3.05) is 18.4 Å². The average Bonchev–Trinajstić information content (AvgIpc) is 2.32. The van der Waals surface area contributed by atoms with E-state index in [2.05, 4.69) is 50.4 Å². The molecule has 2 heteroatoms. The van der Waals surface area contributed by atoms with E-state index in [9.17, 15) is 0 Å². The van der Waals surface area contributed by atoms with E-state index in [1.165, 1.54) is 17.7 Å². The molecule has 96 valence electrons. The standard InChI is InChI=1S/C15H26N2/c1-4-5-13-6-8-15(9-7-13)17-11-14(10-16)12(2)3/h6-9,12,14,17H,4-5,10-11,16H2,1-3H3. The zero-order valence-electron chi connectivity index (χ0n) is 11.4. The molecule has 0 saturated carbocycles. The van der Waals surface area contributed by atoms with Crippen LogP contribution in [0.25, 0.3) is 0 Å². The Kier molecular flexibility index (Phi) is 6.06. The minimum Gasteiger partial charge on any atom is -0.385 e. The van der Waals surface area contributed by atoms with Gasteiger partial charge in [-0.15, -0.1) is 0 Å². The first kappa shape index (κ1) is 14.0. The number of rotatable bonds is 7. The van der Waals surface area contributed by atoms with Gasteiger partial charge in [0.2, 0.25) is 0 Å². The van der Waals surface area contributed by atoms with Gasteiger partial charge >= 0.3 is 0 Å². The van der Waals surface area contributed by atoms with Crippen LogP contribution in [0, 0.1) is 11.8 Å². The predicted molar refractivity (Wildman–Crippen MR) is 76.3 cm³/mol. The lowest BCUT2D eigenvalue weighted by atomic mass is 9.96. The van der Waals surface area contributed by atoms with E-state index in [1.807, 2.05) is 0 Å². The number of benzene rings is 1. The molecule has 2 nitrogen and oxygen atoms in total. The summed E-state index contributed by atoms with van der Waals surface area (Å²) in [4.78, 5) is 0. The fourth-order valence-corrected chi connectivity index (χ4v) is 1.92. The van der Waals surface area contributed by atoms with Crippen LogP contribution in [0.15, 0.2) is 24.3 Å². The Hall–Kier alpha value is -1.02. The molecule has 0 aliphatic heterocycles. The average molecular weight is 234 g/mol. The normalized spacial score (nSPS) is 12.8. The van der Waals surface area contributed by atoms with Crippen LogP contribution in [0.4, 0.5) is 5.69 Å². The molecule has 0 saturated heterocycles. The Morgan fingerprint density at radius 3 is 2.29 bits per heavy atom. The van der Waals surface area contributed by atoms with Gasteiger partial charge in [0, 0.05) is 12.2 Å². The van der Waals surface area contributed by atoms with E-state index >= 15 is 0 Å². The van der Waals surface area contributed by atoms with Gasteiger partial charge in [-0.1, -0.05) is 39.3 Å². The third-order valence-corrected chi connectivity index (χ3v) is 3.31. The Bertz CT molecular complexity index is 303. The van der Waals surface area contributed by atoms with Crippen LogP contribution < -0.4 is 11.1 Å². The second kappa shape index (κ2) is 7.33. The van der Waals surface area contributed by atoms with Crippen LogP contribution in [0.2, 0.25) is 0 Å². The summed E-state index contributed by atoms with van der Waals surface area (Å²) in [6, 6.07) is 8.75. The first-order valence-electron chi connectivity index (χ1n) is 6.70. The van der Waals surface area contributed by atoms with E-state index < -0.39 is 0 Å². The molecule has 1 aromatic rings. The monoisotopic (exact) mass is 234 g/mol. The molecule has 3 N–H and O–H groups in total. The second-order valence-electron chi connectivity index (χ2n) is 5.07. The summed E-state index contributed by atoms with van der Waals surface area (Å²) in [6.45, 7) is 8.37. The molecular weight excluding hydrogens is 208 g/mol. The molecule has 17 heavy (non-hydrogen) atoms. The van der Waals surface area contributed by atoms with Gasteiger partial charge in [0.15, 0.2) is 0 Å². The minimum absolute atomic E-state index is 0.547. The summed E-state index contributed by atoms with van der Waals surface area (Å²) < 4.78 is 0.